The third-order valence-corrected chi connectivity index (χ3v) is 6.75. The van der Waals surface area contributed by atoms with Gasteiger partial charge in [0.15, 0.2) is 12.1 Å². The summed E-state index contributed by atoms with van der Waals surface area (Å²) in [7, 11) is 0. The second-order valence-corrected chi connectivity index (χ2v) is 9.81. The molecule has 0 spiro atoms. The summed E-state index contributed by atoms with van der Waals surface area (Å²) in [4.78, 5) is 19.8. The minimum Gasteiger partial charge on any atom is -0.480 e. The van der Waals surface area contributed by atoms with E-state index in [4.69, 9.17) is 19.1 Å². The molecule has 1 aliphatic carbocycles. The number of nitrogens with zero attached hydrogens (tertiary/aromatic N) is 3. The van der Waals surface area contributed by atoms with Crippen LogP contribution < -0.4 is 14.8 Å². The quantitative estimate of drug-likeness (QED) is 0.266. The van der Waals surface area contributed by atoms with Gasteiger partial charge in [0.1, 0.15) is 17.4 Å². The first-order chi connectivity index (χ1) is 18.4. The van der Waals surface area contributed by atoms with Crippen molar-refractivity contribution in [3.05, 3.63) is 53.5 Å². The van der Waals surface area contributed by atoms with Crippen LogP contribution in [0.1, 0.15) is 56.0 Å². The van der Waals surface area contributed by atoms with Gasteiger partial charge in [-0.15, -0.1) is 0 Å². The fourth-order valence-electron chi connectivity index (χ4n) is 4.48. The number of benzene rings is 1. The lowest BCUT2D eigenvalue weighted by molar-refractivity contribution is -0.139. The van der Waals surface area contributed by atoms with Crippen LogP contribution in [-0.2, 0) is 17.6 Å². The van der Waals surface area contributed by atoms with E-state index in [2.05, 4.69) is 20.4 Å². The minimum atomic E-state index is -1.04. The Morgan fingerprint density at radius 3 is 2.82 bits per heavy atom. The summed E-state index contributed by atoms with van der Waals surface area (Å²) >= 11 is 0. The third-order valence-electron chi connectivity index (χ3n) is 6.75. The topological polar surface area (TPSA) is 140 Å². The van der Waals surface area contributed by atoms with Gasteiger partial charge in [0.05, 0.1) is 6.61 Å². The van der Waals surface area contributed by atoms with Crippen molar-refractivity contribution in [1.29, 1.82) is 0 Å². The second kappa shape index (κ2) is 13.3. The molecule has 2 aromatic heterocycles. The van der Waals surface area contributed by atoms with Crippen molar-refractivity contribution in [1.82, 2.24) is 20.4 Å². The van der Waals surface area contributed by atoms with E-state index in [0.29, 0.717) is 60.8 Å². The fraction of sp³-hybridized carbons (Fsp3) is 0.500. The fourth-order valence-corrected chi connectivity index (χ4v) is 4.48. The first-order valence-electron chi connectivity index (χ1n) is 13.2. The van der Waals surface area contributed by atoms with E-state index in [1.807, 2.05) is 37.3 Å². The summed E-state index contributed by atoms with van der Waals surface area (Å²) in [5.41, 5.74) is 2.67. The molecule has 3 N–H and O–H groups in total. The minimum absolute atomic E-state index is 0.267. The van der Waals surface area contributed by atoms with Crippen LogP contribution in [0, 0.1) is 12.8 Å². The van der Waals surface area contributed by atoms with Crippen LogP contribution in [0.15, 0.2) is 41.1 Å². The van der Waals surface area contributed by atoms with Gasteiger partial charge in [0, 0.05) is 25.6 Å². The lowest BCUT2D eigenvalue weighted by Crippen LogP contribution is -2.36. The number of hydrogen-bond acceptors (Lipinski definition) is 9. The van der Waals surface area contributed by atoms with E-state index in [1.54, 1.807) is 13.1 Å². The van der Waals surface area contributed by atoms with Crippen LogP contribution in [0.2, 0.25) is 0 Å². The molecule has 1 aromatic carbocycles. The lowest BCUT2D eigenvalue weighted by Gasteiger charge is -2.17. The Hall–Kier alpha value is -3.50. The molecule has 204 valence electrons. The van der Waals surface area contributed by atoms with E-state index in [-0.39, 0.29) is 6.42 Å². The zero-order chi connectivity index (χ0) is 26.9. The van der Waals surface area contributed by atoms with E-state index < -0.39 is 18.3 Å². The number of hydrogen-bond donors (Lipinski definition) is 3. The van der Waals surface area contributed by atoms with Gasteiger partial charge in [-0.3, -0.25) is 4.79 Å². The average molecular weight is 525 g/mol. The van der Waals surface area contributed by atoms with Gasteiger partial charge in [0.25, 0.3) is 5.89 Å². The SMILES string of the molecule is Cc1cc(CCc2noc(-c3cccnc3OCC3CCCC3)n2)ccc1OC(O)CCN[C@@H](C)C(=O)O. The molecule has 2 heterocycles. The highest BCUT2D eigenvalue weighted by Gasteiger charge is 2.19. The van der Waals surface area contributed by atoms with E-state index >= 15 is 0 Å². The molecule has 10 heteroatoms. The summed E-state index contributed by atoms with van der Waals surface area (Å²) in [5.74, 6) is 1.74. The number of carboxylic acid groups (broad SMARTS) is 1. The monoisotopic (exact) mass is 524 g/mol. The summed E-state index contributed by atoms with van der Waals surface area (Å²) < 4.78 is 17.2. The molecule has 0 bridgehead atoms. The number of aryl methyl sites for hydroxylation is 3. The Balaban J connectivity index is 1.28. The molecule has 3 aromatic rings. The second-order valence-electron chi connectivity index (χ2n) is 9.81. The molecule has 0 saturated heterocycles. The number of carbonyl (C=O) groups is 1. The first kappa shape index (κ1) is 27.5. The summed E-state index contributed by atoms with van der Waals surface area (Å²) in [6, 6.07) is 8.80. The number of carboxylic acids is 1. The number of aromatic nitrogens is 3. The number of rotatable bonds is 14. The van der Waals surface area contributed by atoms with Crippen molar-refractivity contribution in [2.45, 2.75) is 71.1 Å². The molecule has 1 unspecified atom stereocenters. The van der Waals surface area contributed by atoms with E-state index in [0.717, 1.165) is 11.1 Å². The zero-order valence-electron chi connectivity index (χ0n) is 21.9. The zero-order valence-corrected chi connectivity index (χ0v) is 21.9. The molecule has 1 saturated carbocycles. The van der Waals surface area contributed by atoms with Crippen molar-refractivity contribution in [3.63, 3.8) is 0 Å². The predicted molar refractivity (Wildman–Crippen MR) is 140 cm³/mol. The number of aliphatic hydroxyl groups is 1. The van der Waals surface area contributed by atoms with E-state index in [9.17, 15) is 9.90 Å². The molecular formula is C28H36N4O6. The summed E-state index contributed by atoms with van der Waals surface area (Å²) in [6.07, 6.45) is 7.16. The molecular weight excluding hydrogens is 488 g/mol. The Kier molecular flexibility index (Phi) is 9.67. The molecule has 0 aliphatic heterocycles. The smallest absolute Gasteiger partial charge is 0.320 e. The predicted octanol–water partition coefficient (Wildman–Crippen LogP) is 3.94. The maximum Gasteiger partial charge on any atom is 0.320 e. The maximum atomic E-state index is 10.9. The third kappa shape index (κ3) is 7.75. The highest BCUT2D eigenvalue weighted by Crippen LogP contribution is 2.30. The van der Waals surface area contributed by atoms with Gasteiger partial charge in [0.2, 0.25) is 5.88 Å². The Bertz CT molecular complexity index is 1190. The standard InChI is InChI=1S/C28H36N4O6/c1-18-16-20(9-11-23(18)37-25(33)13-15-29-19(2)28(34)35)10-12-24-31-27(38-32-24)22-8-5-14-30-26(22)36-17-21-6-3-4-7-21/h5,8-9,11,14,16,19,21,25,29,33H,3-4,6-7,10,12-13,15,17H2,1-2H3,(H,34,35)/t19-,25?/m0/s1. The number of nitrogens with one attached hydrogen (secondary N) is 1. The average Bonchev–Trinajstić information content (AvgIpc) is 3.60. The van der Waals surface area contributed by atoms with Crippen LogP contribution in [-0.4, -0.2) is 56.8 Å². The number of ether oxygens (including phenoxy) is 2. The maximum absolute atomic E-state index is 10.9. The molecule has 10 nitrogen and oxygen atoms in total. The van der Waals surface area contributed by atoms with Gasteiger partial charge in [-0.25, -0.2) is 4.98 Å². The molecule has 38 heavy (non-hydrogen) atoms. The summed E-state index contributed by atoms with van der Waals surface area (Å²) in [6.45, 7) is 4.45. The number of pyridine rings is 1. The van der Waals surface area contributed by atoms with Gasteiger partial charge in [-0.2, -0.15) is 4.98 Å². The number of aliphatic hydroxyl groups excluding tert-OH is 1. The Labute approximate surface area is 222 Å². The van der Waals surface area contributed by atoms with Gasteiger partial charge < -0.3 is 29.5 Å². The molecule has 2 atom stereocenters. The Morgan fingerprint density at radius 1 is 1.24 bits per heavy atom. The molecule has 1 fully saturated rings. The van der Waals surface area contributed by atoms with Gasteiger partial charge >= 0.3 is 5.97 Å². The normalized spacial score (nSPS) is 15.3. The van der Waals surface area contributed by atoms with Gasteiger partial charge in [-0.05, 0) is 68.4 Å². The van der Waals surface area contributed by atoms with Crippen LogP contribution in [0.3, 0.4) is 0 Å². The highest BCUT2D eigenvalue weighted by atomic mass is 16.6. The van der Waals surface area contributed by atoms with Crippen LogP contribution in [0.4, 0.5) is 0 Å². The van der Waals surface area contributed by atoms with Crippen molar-refractivity contribution in [2.24, 2.45) is 5.92 Å². The Morgan fingerprint density at radius 2 is 2.05 bits per heavy atom. The van der Waals surface area contributed by atoms with Crippen LogP contribution in [0.25, 0.3) is 11.5 Å². The van der Waals surface area contributed by atoms with Crippen LogP contribution >= 0.6 is 0 Å². The summed E-state index contributed by atoms with van der Waals surface area (Å²) in [5, 5.41) is 26.0. The molecule has 0 amide bonds. The lowest BCUT2D eigenvalue weighted by atomic mass is 10.1. The van der Waals surface area contributed by atoms with Crippen molar-refractivity contribution in [2.75, 3.05) is 13.2 Å². The first-order valence-corrected chi connectivity index (χ1v) is 13.2. The van der Waals surface area contributed by atoms with Crippen molar-refractivity contribution in [3.8, 4) is 23.1 Å². The van der Waals surface area contributed by atoms with E-state index in [1.165, 1.54) is 25.7 Å². The molecule has 0 radical (unpaired) electrons. The van der Waals surface area contributed by atoms with Crippen molar-refractivity contribution < 1.29 is 29.0 Å². The highest BCUT2D eigenvalue weighted by molar-refractivity contribution is 5.72. The molecule has 1 aliphatic rings. The van der Waals surface area contributed by atoms with Crippen LogP contribution in [0.5, 0.6) is 11.6 Å². The molecule has 4 rings (SSSR count). The van der Waals surface area contributed by atoms with Crippen molar-refractivity contribution >= 4 is 5.97 Å². The van der Waals surface area contributed by atoms with Gasteiger partial charge in [-0.1, -0.05) is 30.1 Å². The largest absolute Gasteiger partial charge is 0.480 e. The number of aliphatic carboxylic acids is 1.